The van der Waals surface area contributed by atoms with Crippen molar-refractivity contribution in [2.24, 2.45) is 0 Å². The fourth-order valence-corrected chi connectivity index (χ4v) is 3.72. The van der Waals surface area contributed by atoms with Gasteiger partial charge >= 0.3 is 0 Å². The Morgan fingerprint density at radius 3 is 2.19 bits per heavy atom. The van der Waals surface area contributed by atoms with Crippen LogP contribution in [0.4, 0.5) is 0 Å². The maximum atomic E-state index is 13.4. The molecule has 5 atom stereocenters. The lowest BCUT2D eigenvalue weighted by Crippen LogP contribution is -2.55. The molecule has 0 radical (unpaired) electrons. The van der Waals surface area contributed by atoms with Crippen LogP contribution in [0.25, 0.3) is 22.3 Å². The molecule has 1 aliphatic rings. The molecule has 10 heteroatoms. The predicted molar refractivity (Wildman–Crippen MR) is 106 cm³/mol. The summed E-state index contributed by atoms with van der Waals surface area (Å²) in [5.41, 5.74) is -0.965. The number of hydrogen-bond donors (Lipinski definition) is 7. The fourth-order valence-electron chi connectivity index (χ4n) is 3.72. The van der Waals surface area contributed by atoms with Crippen LogP contribution in [0.3, 0.4) is 0 Å². The Morgan fingerprint density at radius 2 is 1.55 bits per heavy atom. The second-order valence-corrected chi connectivity index (χ2v) is 7.31. The van der Waals surface area contributed by atoms with Crippen molar-refractivity contribution in [1.82, 2.24) is 0 Å². The van der Waals surface area contributed by atoms with Gasteiger partial charge in [-0.1, -0.05) is 0 Å². The lowest BCUT2D eigenvalue weighted by Gasteiger charge is -2.40. The molecule has 164 valence electrons. The number of ether oxygens (including phenoxy) is 1. The highest BCUT2D eigenvalue weighted by molar-refractivity contribution is 5.87. The molecule has 1 fully saturated rings. The summed E-state index contributed by atoms with van der Waals surface area (Å²) in [6, 6.07) is 7.58. The van der Waals surface area contributed by atoms with Gasteiger partial charge in [0, 0.05) is 17.7 Å². The van der Waals surface area contributed by atoms with E-state index in [0.29, 0.717) is 0 Å². The first-order valence-electron chi connectivity index (χ1n) is 9.35. The van der Waals surface area contributed by atoms with E-state index in [9.17, 15) is 40.5 Å². The summed E-state index contributed by atoms with van der Waals surface area (Å²) < 4.78 is 11.3. The van der Waals surface area contributed by atoms with E-state index in [1.165, 1.54) is 24.3 Å². The summed E-state index contributed by atoms with van der Waals surface area (Å²) in [5, 5.41) is 69.6. The quantitative estimate of drug-likeness (QED) is 0.300. The van der Waals surface area contributed by atoms with Crippen molar-refractivity contribution in [2.45, 2.75) is 30.5 Å². The zero-order valence-electron chi connectivity index (χ0n) is 15.9. The van der Waals surface area contributed by atoms with Gasteiger partial charge in [-0.3, -0.25) is 4.79 Å². The van der Waals surface area contributed by atoms with Crippen molar-refractivity contribution in [2.75, 3.05) is 6.61 Å². The lowest BCUT2D eigenvalue weighted by atomic mass is 9.89. The van der Waals surface area contributed by atoms with E-state index < -0.39 is 48.3 Å². The first-order valence-corrected chi connectivity index (χ1v) is 9.35. The van der Waals surface area contributed by atoms with Crippen molar-refractivity contribution in [3.8, 4) is 28.6 Å². The first kappa shape index (κ1) is 21.1. The van der Waals surface area contributed by atoms with Crippen LogP contribution in [0, 0.1) is 0 Å². The minimum Gasteiger partial charge on any atom is -0.508 e. The summed E-state index contributed by atoms with van der Waals surface area (Å²) in [4.78, 5) is 13.4. The van der Waals surface area contributed by atoms with Crippen LogP contribution in [0.5, 0.6) is 17.2 Å². The van der Waals surface area contributed by atoms with Crippen molar-refractivity contribution >= 4 is 11.0 Å². The molecule has 10 nitrogen and oxygen atoms in total. The van der Waals surface area contributed by atoms with E-state index in [1.807, 2.05) is 0 Å². The minimum absolute atomic E-state index is 0.0587. The standard InChI is InChI=1S/C21H20O10/c22-7-13-16(26)18(28)19(29)21(31-13)15-17(27)14-11(25)5-10(24)6-12(14)30-20(15)8-1-3-9(23)4-2-8/h1-6,13,16,18-19,21-26,28-29H,7H2/t13-,16+,18+,19+,21-/m1/s1. The zero-order chi connectivity index (χ0) is 22.4. The summed E-state index contributed by atoms with van der Waals surface area (Å²) in [5.74, 6) is -1.11. The molecular weight excluding hydrogens is 412 g/mol. The molecule has 0 unspecified atom stereocenters. The molecule has 7 N–H and O–H groups in total. The lowest BCUT2D eigenvalue weighted by molar-refractivity contribution is -0.232. The van der Waals surface area contributed by atoms with E-state index in [1.54, 1.807) is 0 Å². The smallest absolute Gasteiger partial charge is 0.203 e. The average molecular weight is 432 g/mol. The highest BCUT2D eigenvalue weighted by Crippen LogP contribution is 2.39. The normalized spacial score (nSPS) is 26.3. The molecule has 0 amide bonds. The molecule has 31 heavy (non-hydrogen) atoms. The Balaban J connectivity index is 2.02. The van der Waals surface area contributed by atoms with E-state index >= 15 is 0 Å². The third-order valence-corrected chi connectivity index (χ3v) is 5.30. The first-order chi connectivity index (χ1) is 14.7. The topological polar surface area (TPSA) is 181 Å². The second-order valence-electron chi connectivity index (χ2n) is 7.31. The van der Waals surface area contributed by atoms with Gasteiger partial charge in [0.2, 0.25) is 5.43 Å². The van der Waals surface area contributed by atoms with Crippen LogP contribution >= 0.6 is 0 Å². The van der Waals surface area contributed by atoms with Crippen LogP contribution in [0.2, 0.25) is 0 Å². The van der Waals surface area contributed by atoms with E-state index in [4.69, 9.17) is 9.15 Å². The van der Waals surface area contributed by atoms with Crippen LogP contribution in [-0.4, -0.2) is 66.8 Å². The molecule has 2 aromatic carbocycles. The van der Waals surface area contributed by atoms with Gasteiger partial charge in [0.05, 0.1) is 12.2 Å². The molecule has 4 rings (SSSR count). The van der Waals surface area contributed by atoms with Gasteiger partial charge in [-0.15, -0.1) is 0 Å². The number of aliphatic hydroxyl groups is 4. The summed E-state index contributed by atoms with van der Waals surface area (Å²) in [6.45, 7) is -0.700. The number of fused-ring (bicyclic) bond motifs is 1. The second kappa shape index (κ2) is 7.84. The van der Waals surface area contributed by atoms with Crippen molar-refractivity contribution in [3.63, 3.8) is 0 Å². The maximum absolute atomic E-state index is 13.4. The Labute approximate surface area is 174 Å². The molecule has 2 heterocycles. The fraction of sp³-hybridized carbons (Fsp3) is 0.286. The SMILES string of the molecule is O=c1c([C@H]2O[C@H](CO)[C@H](O)[C@H](O)[C@@H]2O)c(-c2ccc(O)cc2)oc2cc(O)cc(O)c12. The molecule has 3 aromatic rings. The third kappa shape index (κ3) is 3.50. The van der Waals surface area contributed by atoms with E-state index in [2.05, 4.69) is 0 Å². The molecule has 1 aromatic heterocycles. The number of hydrogen-bond acceptors (Lipinski definition) is 10. The zero-order valence-corrected chi connectivity index (χ0v) is 15.9. The number of rotatable bonds is 3. The predicted octanol–water partition coefficient (Wildman–Crippen LogP) is 0.0917. The summed E-state index contributed by atoms with van der Waals surface area (Å²) in [7, 11) is 0. The minimum atomic E-state index is -1.77. The Morgan fingerprint density at radius 1 is 0.871 bits per heavy atom. The average Bonchev–Trinajstić information content (AvgIpc) is 2.73. The maximum Gasteiger partial charge on any atom is 0.203 e. The van der Waals surface area contributed by atoms with Crippen LogP contribution in [0.1, 0.15) is 11.7 Å². The van der Waals surface area contributed by atoms with Gasteiger partial charge in [0.25, 0.3) is 0 Å². The van der Waals surface area contributed by atoms with Gasteiger partial charge < -0.3 is 44.9 Å². The van der Waals surface area contributed by atoms with E-state index in [-0.39, 0.29) is 39.4 Å². The molecule has 0 aliphatic carbocycles. The van der Waals surface area contributed by atoms with Crippen LogP contribution < -0.4 is 5.43 Å². The number of aliphatic hydroxyl groups excluding tert-OH is 4. The van der Waals surface area contributed by atoms with E-state index in [0.717, 1.165) is 12.1 Å². The van der Waals surface area contributed by atoms with Crippen molar-refractivity contribution in [3.05, 3.63) is 52.2 Å². The van der Waals surface area contributed by atoms with Gasteiger partial charge in [0.1, 0.15) is 64.5 Å². The van der Waals surface area contributed by atoms with Gasteiger partial charge in [-0.05, 0) is 24.3 Å². The summed E-state index contributed by atoms with van der Waals surface area (Å²) in [6.07, 6.45) is -7.96. The van der Waals surface area contributed by atoms with Crippen molar-refractivity contribution in [1.29, 1.82) is 0 Å². The third-order valence-electron chi connectivity index (χ3n) is 5.30. The van der Waals surface area contributed by atoms with Crippen LogP contribution in [0.15, 0.2) is 45.6 Å². The van der Waals surface area contributed by atoms with Gasteiger partial charge in [-0.25, -0.2) is 0 Å². The molecule has 0 spiro atoms. The van der Waals surface area contributed by atoms with Crippen LogP contribution in [-0.2, 0) is 4.74 Å². The largest absolute Gasteiger partial charge is 0.508 e. The number of aromatic hydroxyl groups is 3. The molecule has 1 saturated heterocycles. The monoisotopic (exact) mass is 432 g/mol. The molecular formula is C21H20O10. The molecule has 0 bridgehead atoms. The molecule has 0 saturated carbocycles. The van der Waals surface area contributed by atoms with Gasteiger partial charge in [-0.2, -0.15) is 0 Å². The van der Waals surface area contributed by atoms with Gasteiger partial charge in [0.15, 0.2) is 0 Å². The molecule has 1 aliphatic heterocycles. The highest BCUT2D eigenvalue weighted by Gasteiger charge is 2.46. The Bertz CT molecular complexity index is 1170. The number of phenolic OH excluding ortho intramolecular Hbond substituents is 3. The van der Waals surface area contributed by atoms with Crippen molar-refractivity contribution < 1.29 is 44.9 Å². The highest BCUT2D eigenvalue weighted by atomic mass is 16.5. The summed E-state index contributed by atoms with van der Waals surface area (Å²) >= 11 is 0. The Kier molecular flexibility index (Phi) is 5.33. The number of phenols is 3. The number of benzene rings is 2. The Hall–Kier alpha value is -3.15.